The van der Waals surface area contributed by atoms with Gasteiger partial charge in [0.1, 0.15) is 15.6 Å². The highest BCUT2D eigenvalue weighted by molar-refractivity contribution is 8.02. The summed E-state index contributed by atoms with van der Waals surface area (Å²) in [4.78, 5) is 23.7. The van der Waals surface area contributed by atoms with Gasteiger partial charge in [0.25, 0.3) is 5.97 Å². The lowest BCUT2D eigenvalue weighted by molar-refractivity contribution is -0.134. The highest BCUT2D eigenvalue weighted by Gasteiger charge is 2.18. The fourth-order valence-electron chi connectivity index (χ4n) is 3.89. The maximum Gasteiger partial charge on any atom is 0.341 e. The molecule has 0 bridgehead atoms. The summed E-state index contributed by atoms with van der Waals surface area (Å²) in [5.41, 5.74) is 2.63. The van der Waals surface area contributed by atoms with Crippen LogP contribution in [-0.4, -0.2) is 73.3 Å². The first-order valence-corrected chi connectivity index (χ1v) is 15.4. The van der Waals surface area contributed by atoms with Crippen LogP contribution in [-0.2, 0) is 14.3 Å². The van der Waals surface area contributed by atoms with Crippen molar-refractivity contribution >= 4 is 52.5 Å². The highest BCUT2D eigenvalue weighted by Crippen LogP contribution is 2.43. The monoisotopic (exact) mass is 638 g/mol. The first kappa shape index (κ1) is 33.3. The van der Waals surface area contributed by atoms with Crippen LogP contribution in [0.4, 0.5) is 5.69 Å². The van der Waals surface area contributed by atoms with Crippen LogP contribution in [0.15, 0.2) is 46.7 Å². The summed E-state index contributed by atoms with van der Waals surface area (Å²) in [7, 11) is 0. The molecule has 1 saturated heterocycles. The van der Waals surface area contributed by atoms with Gasteiger partial charge in [-0.2, -0.15) is 0 Å². The Bertz CT molecular complexity index is 1330. The number of nitrogens with zero attached hydrogens (tertiary/aromatic N) is 1. The number of carbonyl (C=O) groups is 2. The highest BCUT2D eigenvalue weighted by atomic mass is 35.5. The Morgan fingerprint density at radius 2 is 1.81 bits per heavy atom. The third-order valence-corrected chi connectivity index (χ3v) is 8.10. The van der Waals surface area contributed by atoms with E-state index in [1.54, 1.807) is 12.1 Å². The predicted molar refractivity (Wildman–Crippen MR) is 165 cm³/mol. The number of esters is 1. The molecule has 42 heavy (non-hydrogen) atoms. The van der Waals surface area contributed by atoms with Gasteiger partial charge in [-0.3, -0.25) is 9.69 Å². The molecule has 3 heterocycles. The number of thiophene rings is 1. The van der Waals surface area contributed by atoms with Crippen molar-refractivity contribution in [3.05, 3.63) is 52.4 Å². The zero-order valence-electron chi connectivity index (χ0n) is 23.7. The van der Waals surface area contributed by atoms with Crippen molar-refractivity contribution in [1.29, 1.82) is 0 Å². The largest absolute Gasteiger partial charge is 0.507 e. The van der Waals surface area contributed by atoms with E-state index in [4.69, 9.17) is 40.4 Å². The van der Waals surface area contributed by atoms with Gasteiger partial charge in [-0.05, 0) is 54.3 Å². The molecule has 0 amide bonds. The van der Waals surface area contributed by atoms with Crippen LogP contribution in [0.25, 0.3) is 11.1 Å². The van der Waals surface area contributed by atoms with Crippen LogP contribution in [0.5, 0.6) is 17.2 Å². The molecule has 3 aromatic rings. The third-order valence-electron chi connectivity index (χ3n) is 5.79. The van der Waals surface area contributed by atoms with E-state index in [0.717, 1.165) is 67.3 Å². The quantitative estimate of drug-likeness (QED) is 0.133. The van der Waals surface area contributed by atoms with Gasteiger partial charge in [-0.25, -0.2) is 4.79 Å². The average Bonchev–Trinajstić information content (AvgIpc) is 3.61. The Kier molecular flexibility index (Phi) is 13.6. The first-order valence-electron chi connectivity index (χ1n) is 13.4. The molecule has 0 radical (unpaired) electrons. The van der Waals surface area contributed by atoms with E-state index in [-0.39, 0.29) is 18.1 Å². The van der Waals surface area contributed by atoms with Crippen molar-refractivity contribution in [3.8, 4) is 28.4 Å². The molecular formula is C29H35ClN2O8S2. The minimum Gasteiger partial charge on any atom is -0.507 e. The maximum atomic E-state index is 12.4. The molecule has 0 atom stereocenters. The molecule has 5 rings (SSSR count). The minimum atomic E-state index is -0.833. The van der Waals surface area contributed by atoms with E-state index in [1.165, 1.54) is 29.4 Å². The standard InChI is InChI=1S/C25H25ClN2O6S2.C2H4O2.C2H6/c26-24-19(16-2-5-21-22(12-16)34-15-33-21)14-23(35-24)36-27-17-3-4-18(20(29)13-17)25(30)32-9-1-6-28-7-10-31-11-8-28;1-2(3)4;1-2/h2-5,12-14,27,29H,1,6-11,15H2;1H3,(H,3,4);1-2H3. The number of carboxylic acid groups (broad SMARTS) is 1. The van der Waals surface area contributed by atoms with Gasteiger partial charge in [-0.1, -0.05) is 31.5 Å². The number of hydrogen-bond acceptors (Lipinski definition) is 11. The number of aromatic hydroxyl groups is 1. The van der Waals surface area contributed by atoms with Gasteiger partial charge in [0.2, 0.25) is 6.79 Å². The summed E-state index contributed by atoms with van der Waals surface area (Å²) < 4.78 is 26.3. The van der Waals surface area contributed by atoms with Crippen molar-refractivity contribution in [1.82, 2.24) is 4.90 Å². The van der Waals surface area contributed by atoms with Crippen LogP contribution in [0.2, 0.25) is 4.34 Å². The Morgan fingerprint density at radius 1 is 1.10 bits per heavy atom. The van der Waals surface area contributed by atoms with Crippen molar-refractivity contribution in [2.24, 2.45) is 0 Å². The average molecular weight is 639 g/mol. The summed E-state index contributed by atoms with van der Waals surface area (Å²) >= 11 is 9.31. The molecule has 3 N–H and O–H groups in total. The Labute approximate surface area is 258 Å². The SMILES string of the molecule is CC.CC(=O)O.O=C(OCCCN1CCOCC1)c1ccc(NSc2cc(-c3ccc4c(c3)OCO4)c(Cl)s2)cc1O. The van der Waals surface area contributed by atoms with Crippen LogP contribution < -0.4 is 14.2 Å². The zero-order chi connectivity index (χ0) is 30.5. The summed E-state index contributed by atoms with van der Waals surface area (Å²) in [6, 6.07) is 12.5. The number of hydrogen-bond donors (Lipinski definition) is 3. The lowest BCUT2D eigenvalue weighted by atomic mass is 10.1. The Hall–Kier alpha value is -3.16. The summed E-state index contributed by atoms with van der Waals surface area (Å²) in [5, 5.41) is 17.8. The summed E-state index contributed by atoms with van der Waals surface area (Å²) in [6.45, 7) is 9.75. The molecular weight excluding hydrogens is 604 g/mol. The molecule has 228 valence electrons. The van der Waals surface area contributed by atoms with Crippen molar-refractivity contribution in [2.75, 3.05) is 51.0 Å². The smallest absolute Gasteiger partial charge is 0.341 e. The molecule has 0 spiro atoms. The van der Waals surface area contributed by atoms with Crippen molar-refractivity contribution in [2.45, 2.75) is 31.4 Å². The molecule has 0 aliphatic carbocycles. The van der Waals surface area contributed by atoms with Gasteiger partial charge in [0.15, 0.2) is 11.5 Å². The van der Waals surface area contributed by atoms with E-state index >= 15 is 0 Å². The van der Waals surface area contributed by atoms with Gasteiger partial charge in [0, 0.05) is 43.9 Å². The minimum absolute atomic E-state index is 0.135. The topological polar surface area (TPSA) is 127 Å². The fraction of sp³-hybridized carbons (Fsp3) is 0.379. The van der Waals surface area contributed by atoms with Gasteiger partial charge < -0.3 is 33.9 Å². The summed E-state index contributed by atoms with van der Waals surface area (Å²) in [5.74, 6) is -0.0779. The second-order valence-corrected chi connectivity index (χ2v) is 11.5. The number of nitrogens with one attached hydrogen (secondary N) is 1. The fourth-order valence-corrected chi connectivity index (χ4v) is 6.15. The van der Waals surface area contributed by atoms with Gasteiger partial charge >= 0.3 is 5.97 Å². The van der Waals surface area contributed by atoms with Crippen LogP contribution in [0, 0.1) is 0 Å². The van der Waals surface area contributed by atoms with Gasteiger partial charge in [-0.15, -0.1) is 11.3 Å². The number of fused-ring (bicyclic) bond motifs is 1. The number of aliphatic carboxylic acids is 1. The normalized spacial score (nSPS) is 13.7. The Morgan fingerprint density at radius 3 is 2.52 bits per heavy atom. The third kappa shape index (κ3) is 9.99. The van der Waals surface area contributed by atoms with Crippen molar-refractivity contribution in [3.63, 3.8) is 0 Å². The molecule has 1 aromatic heterocycles. The second kappa shape index (κ2) is 17.1. The number of carbonyl (C=O) groups excluding carboxylic acids is 1. The molecule has 2 aromatic carbocycles. The molecule has 2 aliphatic rings. The number of halogens is 1. The number of phenols is 1. The number of ether oxygens (including phenoxy) is 4. The number of rotatable bonds is 9. The first-order chi connectivity index (χ1) is 20.3. The lowest BCUT2D eigenvalue weighted by Gasteiger charge is -2.26. The zero-order valence-corrected chi connectivity index (χ0v) is 26.1. The Balaban J connectivity index is 0.000000745. The van der Waals surface area contributed by atoms with Gasteiger partial charge in [0.05, 0.1) is 24.0 Å². The molecule has 2 aliphatic heterocycles. The maximum absolute atomic E-state index is 12.4. The van der Waals surface area contributed by atoms with Crippen LogP contribution in [0.3, 0.4) is 0 Å². The number of anilines is 1. The second-order valence-electron chi connectivity index (χ2n) is 8.72. The van der Waals surface area contributed by atoms with E-state index < -0.39 is 11.9 Å². The summed E-state index contributed by atoms with van der Waals surface area (Å²) in [6.07, 6.45) is 0.737. The van der Waals surface area contributed by atoms with E-state index in [1.807, 2.05) is 38.1 Å². The molecule has 10 nitrogen and oxygen atoms in total. The number of phenolic OH excluding ortho intramolecular Hbond substituents is 1. The molecule has 0 unspecified atom stereocenters. The number of morpholine rings is 1. The van der Waals surface area contributed by atoms with Crippen LogP contribution in [0.1, 0.15) is 37.6 Å². The van der Waals surface area contributed by atoms with Crippen LogP contribution >= 0.6 is 34.9 Å². The molecule has 1 fully saturated rings. The van der Waals surface area contributed by atoms with E-state index in [0.29, 0.717) is 22.4 Å². The molecule has 0 saturated carbocycles. The van der Waals surface area contributed by atoms with Crippen molar-refractivity contribution < 1.29 is 38.7 Å². The molecule has 13 heteroatoms. The number of carboxylic acids is 1. The van der Waals surface area contributed by atoms with E-state index in [2.05, 4.69) is 9.62 Å². The number of benzene rings is 2. The predicted octanol–water partition coefficient (Wildman–Crippen LogP) is 6.62. The van der Waals surface area contributed by atoms with E-state index in [9.17, 15) is 9.90 Å². The lowest BCUT2D eigenvalue weighted by Crippen LogP contribution is -2.37.